The molecule has 0 spiro atoms. The number of nitrogens with zero attached hydrogens (tertiary/aromatic N) is 3. The number of hydrogen-bond donors (Lipinski definition) is 2. The molecule has 1 saturated carbocycles. The Morgan fingerprint density at radius 1 is 1.17 bits per heavy atom. The molecule has 10 heteroatoms. The van der Waals surface area contributed by atoms with E-state index in [-0.39, 0.29) is 35.2 Å². The molecule has 0 aliphatic heterocycles. The first-order valence-electron chi connectivity index (χ1n) is 11.2. The Labute approximate surface area is 204 Å². The average Bonchev–Trinajstić information content (AvgIpc) is 3.11. The number of halogens is 2. The summed E-state index contributed by atoms with van der Waals surface area (Å²) in [5.74, 6) is 3.53. The van der Waals surface area contributed by atoms with Crippen LogP contribution in [0.4, 0.5) is 14.6 Å². The van der Waals surface area contributed by atoms with Crippen LogP contribution in [0, 0.1) is 23.5 Å². The van der Waals surface area contributed by atoms with Gasteiger partial charge in [0.05, 0.1) is 11.2 Å². The van der Waals surface area contributed by atoms with E-state index in [1.54, 1.807) is 48.0 Å². The molecular formula is C26H21F2N5O3. The van der Waals surface area contributed by atoms with E-state index in [0.717, 1.165) is 12.1 Å². The molecule has 2 aromatic carbocycles. The molecule has 2 heterocycles. The summed E-state index contributed by atoms with van der Waals surface area (Å²) in [7, 11) is 0. The number of imidazole rings is 1. The second kappa shape index (κ2) is 9.19. The van der Waals surface area contributed by atoms with E-state index in [0.29, 0.717) is 35.3 Å². The first kappa shape index (κ1) is 23.1. The molecule has 2 aromatic heterocycles. The zero-order chi connectivity index (χ0) is 25.4. The SMILES string of the molecule is CC#CC(=O)NC1CC(n2c(=O)n(-c3ccc(Oc4ccc(F)cc4F)cc3)c3c(N)nccc32)C1. The van der Waals surface area contributed by atoms with Gasteiger partial charge in [0.25, 0.3) is 5.91 Å². The normalized spacial score (nSPS) is 16.6. The van der Waals surface area contributed by atoms with Crippen molar-refractivity contribution < 1.29 is 18.3 Å². The van der Waals surface area contributed by atoms with Gasteiger partial charge in [-0.05, 0) is 68.2 Å². The highest BCUT2D eigenvalue weighted by molar-refractivity contribution is 5.93. The Morgan fingerprint density at radius 3 is 2.61 bits per heavy atom. The van der Waals surface area contributed by atoms with Gasteiger partial charge in [-0.1, -0.05) is 5.92 Å². The Kier molecular flexibility index (Phi) is 5.90. The van der Waals surface area contributed by atoms with E-state index in [2.05, 4.69) is 22.1 Å². The second-order valence-corrected chi connectivity index (χ2v) is 8.39. The Bertz CT molecular complexity index is 1590. The number of nitrogens with two attached hydrogens (primary N) is 1. The van der Waals surface area contributed by atoms with Crippen LogP contribution in [-0.4, -0.2) is 26.1 Å². The molecule has 36 heavy (non-hydrogen) atoms. The quantitative estimate of drug-likeness (QED) is 0.416. The van der Waals surface area contributed by atoms with Gasteiger partial charge in [-0.25, -0.2) is 18.6 Å². The summed E-state index contributed by atoms with van der Waals surface area (Å²) in [4.78, 5) is 29.5. The summed E-state index contributed by atoms with van der Waals surface area (Å²) >= 11 is 0. The maximum absolute atomic E-state index is 13.9. The number of carbonyl (C=O) groups excluding carboxylic acids is 1. The number of carbonyl (C=O) groups is 1. The molecule has 3 N–H and O–H groups in total. The molecule has 1 fully saturated rings. The van der Waals surface area contributed by atoms with Gasteiger partial charge in [-0.15, -0.1) is 0 Å². The molecule has 1 aliphatic carbocycles. The minimum Gasteiger partial charge on any atom is -0.454 e. The summed E-state index contributed by atoms with van der Waals surface area (Å²) in [6.07, 6.45) is 2.70. The van der Waals surface area contributed by atoms with Crippen LogP contribution in [0.3, 0.4) is 0 Å². The molecule has 1 aliphatic rings. The van der Waals surface area contributed by atoms with E-state index < -0.39 is 11.6 Å². The molecule has 0 unspecified atom stereocenters. The number of ether oxygens (including phenoxy) is 1. The third-order valence-electron chi connectivity index (χ3n) is 6.08. The molecule has 0 bridgehead atoms. The Hall–Kier alpha value is -4.65. The number of anilines is 1. The molecule has 8 nitrogen and oxygen atoms in total. The summed E-state index contributed by atoms with van der Waals surface area (Å²) in [6.45, 7) is 1.59. The molecular weight excluding hydrogens is 468 g/mol. The van der Waals surface area contributed by atoms with Crippen molar-refractivity contribution in [1.29, 1.82) is 0 Å². The van der Waals surface area contributed by atoms with Crippen LogP contribution in [-0.2, 0) is 4.79 Å². The number of rotatable bonds is 5. The lowest BCUT2D eigenvalue weighted by molar-refractivity contribution is -0.117. The molecule has 0 atom stereocenters. The second-order valence-electron chi connectivity index (χ2n) is 8.39. The van der Waals surface area contributed by atoms with Crippen LogP contribution in [0.25, 0.3) is 16.7 Å². The lowest BCUT2D eigenvalue weighted by Crippen LogP contribution is -2.46. The highest BCUT2D eigenvalue weighted by Gasteiger charge is 2.34. The molecule has 4 aromatic rings. The van der Waals surface area contributed by atoms with Gasteiger partial charge in [-0.2, -0.15) is 0 Å². The molecule has 5 rings (SSSR count). The summed E-state index contributed by atoms with van der Waals surface area (Å²) in [5.41, 5.74) is 7.47. The first-order valence-corrected chi connectivity index (χ1v) is 11.2. The number of pyridine rings is 1. The van der Waals surface area contributed by atoms with E-state index >= 15 is 0 Å². The lowest BCUT2D eigenvalue weighted by atomic mass is 9.86. The van der Waals surface area contributed by atoms with Crippen molar-refractivity contribution in [2.24, 2.45) is 0 Å². The fourth-order valence-corrected chi connectivity index (χ4v) is 4.38. The Morgan fingerprint density at radius 2 is 1.92 bits per heavy atom. The van der Waals surface area contributed by atoms with Gasteiger partial charge in [0.1, 0.15) is 22.9 Å². The zero-order valence-corrected chi connectivity index (χ0v) is 19.2. The minimum atomic E-state index is -0.825. The van der Waals surface area contributed by atoms with Gasteiger partial charge in [0.15, 0.2) is 11.6 Å². The van der Waals surface area contributed by atoms with Gasteiger partial charge in [0, 0.05) is 24.3 Å². The van der Waals surface area contributed by atoms with Gasteiger partial charge < -0.3 is 15.8 Å². The van der Waals surface area contributed by atoms with E-state index in [4.69, 9.17) is 10.5 Å². The largest absolute Gasteiger partial charge is 0.454 e. The van der Waals surface area contributed by atoms with Crippen LogP contribution in [0.2, 0.25) is 0 Å². The number of fused-ring (bicyclic) bond motifs is 1. The van der Waals surface area contributed by atoms with E-state index in [9.17, 15) is 18.4 Å². The topological polar surface area (TPSA) is 104 Å². The van der Waals surface area contributed by atoms with Crippen molar-refractivity contribution in [3.63, 3.8) is 0 Å². The van der Waals surface area contributed by atoms with Crippen molar-refractivity contribution >= 4 is 22.8 Å². The highest BCUT2D eigenvalue weighted by Crippen LogP contribution is 2.35. The number of aromatic nitrogens is 3. The van der Waals surface area contributed by atoms with Crippen molar-refractivity contribution in [3.8, 4) is 29.0 Å². The van der Waals surface area contributed by atoms with Crippen molar-refractivity contribution in [1.82, 2.24) is 19.4 Å². The third-order valence-corrected chi connectivity index (χ3v) is 6.08. The summed E-state index contributed by atoms with van der Waals surface area (Å²) < 4.78 is 35.7. The smallest absolute Gasteiger partial charge is 0.334 e. The third kappa shape index (κ3) is 4.15. The van der Waals surface area contributed by atoms with Gasteiger partial charge in [0.2, 0.25) is 0 Å². The predicted molar refractivity (Wildman–Crippen MR) is 130 cm³/mol. The first-order chi connectivity index (χ1) is 17.4. The maximum atomic E-state index is 13.9. The fraction of sp³-hybridized carbons (Fsp3) is 0.192. The number of nitrogens with one attached hydrogen (secondary N) is 1. The van der Waals surface area contributed by atoms with Crippen LogP contribution in [0.15, 0.2) is 59.5 Å². The van der Waals surface area contributed by atoms with Crippen LogP contribution < -0.4 is 21.5 Å². The summed E-state index contributed by atoms with van der Waals surface area (Å²) in [6, 6.07) is 11.0. The number of amides is 1. The number of benzene rings is 2. The molecule has 1 amide bonds. The Balaban J connectivity index is 1.46. The summed E-state index contributed by atoms with van der Waals surface area (Å²) in [5, 5.41) is 2.83. The van der Waals surface area contributed by atoms with E-state index in [1.807, 2.05) is 0 Å². The average molecular weight is 489 g/mol. The predicted octanol–water partition coefficient (Wildman–Crippen LogP) is 3.68. The zero-order valence-electron chi connectivity index (χ0n) is 19.2. The number of hydrogen-bond acceptors (Lipinski definition) is 5. The lowest BCUT2D eigenvalue weighted by Gasteiger charge is -2.36. The van der Waals surface area contributed by atoms with Crippen molar-refractivity contribution in [2.75, 3.05) is 5.73 Å². The van der Waals surface area contributed by atoms with Crippen molar-refractivity contribution in [2.45, 2.75) is 31.8 Å². The fourth-order valence-electron chi connectivity index (χ4n) is 4.38. The van der Waals surface area contributed by atoms with Crippen LogP contribution in [0.1, 0.15) is 25.8 Å². The maximum Gasteiger partial charge on any atom is 0.334 e. The minimum absolute atomic E-state index is 0.0730. The van der Waals surface area contributed by atoms with Gasteiger partial charge >= 0.3 is 5.69 Å². The monoisotopic (exact) mass is 489 g/mol. The number of nitrogen functional groups attached to an aromatic ring is 1. The molecule has 182 valence electrons. The van der Waals surface area contributed by atoms with E-state index in [1.165, 1.54) is 10.6 Å². The highest BCUT2D eigenvalue weighted by atomic mass is 19.1. The van der Waals surface area contributed by atoms with Crippen LogP contribution in [0.5, 0.6) is 11.5 Å². The van der Waals surface area contributed by atoms with Crippen molar-refractivity contribution in [3.05, 3.63) is 76.8 Å². The standard InChI is InChI=1S/C26H21F2N5O3/c1-2-3-23(34)31-16-13-18(14-16)32-21-10-11-30-25(29)24(21)33(26(32)35)17-5-7-19(8-6-17)36-22-9-4-15(27)12-20(22)28/h4-12,16,18H,13-14H2,1H3,(H2,29,30)(H,31,34). The molecule has 0 saturated heterocycles. The van der Waals surface area contributed by atoms with Crippen LogP contribution >= 0.6 is 0 Å². The molecule has 0 radical (unpaired) electrons. The van der Waals surface area contributed by atoms with Gasteiger partial charge in [-0.3, -0.25) is 13.9 Å².